The average molecular weight is 605 g/mol. The molecule has 0 saturated heterocycles. The number of methoxy groups -OCH3 is 1. The lowest BCUT2D eigenvalue weighted by molar-refractivity contribution is -0.140. The molecule has 0 unspecified atom stereocenters. The Hall–Kier alpha value is -3.60. The number of rotatable bonds is 9. The van der Waals surface area contributed by atoms with Gasteiger partial charge < -0.3 is 23.9 Å². The molecule has 5 atom stereocenters. The molecule has 43 heavy (non-hydrogen) atoms. The zero-order chi connectivity index (χ0) is 29.9. The number of ether oxygens (including phenoxy) is 2. The number of carbonyl (C=O) groups is 1. The summed E-state index contributed by atoms with van der Waals surface area (Å²) in [6, 6.07) is 13.0. The second-order valence-electron chi connectivity index (χ2n) is 12.2. The maximum absolute atomic E-state index is 14.2. The van der Waals surface area contributed by atoms with Crippen molar-refractivity contribution in [2.45, 2.75) is 66.7 Å². The first-order valence-corrected chi connectivity index (χ1v) is 16.3. The first-order chi connectivity index (χ1) is 20.7. The largest absolute Gasteiger partial charge is 0.493 e. The van der Waals surface area contributed by atoms with Crippen molar-refractivity contribution in [1.29, 1.82) is 0 Å². The summed E-state index contributed by atoms with van der Waals surface area (Å²) >= 11 is 0. The number of amides is 1. The Morgan fingerprint density at radius 3 is 2.63 bits per heavy atom. The van der Waals surface area contributed by atoms with Crippen LogP contribution in [0.4, 0.5) is 0 Å². The number of benzene rings is 2. The van der Waals surface area contributed by atoms with Crippen molar-refractivity contribution >= 4 is 22.0 Å². The Labute approximate surface area is 251 Å². The van der Waals surface area contributed by atoms with Crippen LogP contribution < -0.4 is 9.47 Å². The third-order valence-corrected chi connectivity index (χ3v) is 11.6. The van der Waals surface area contributed by atoms with Crippen LogP contribution in [0.1, 0.15) is 48.3 Å². The molecular formula is C33H36N2O7S. The molecule has 2 aromatic carbocycles. The lowest BCUT2D eigenvalue weighted by atomic mass is 9.61. The van der Waals surface area contributed by atoms with Gasteiger partial charge in [0.25, 0.3) is 0 Å². The molecule has 7 rings (SSSR count). The van der Waals surface area contributed by atoms with Gasteiger partial charge in [0, 0.05) is 30.8 Å². The summed E-state index contributed by atoms with van der Waals surface area (Å²) in [7, 11) is -0.573. The molecular weight excluding hydrogens is 568 g/mol. The molecule has 0 bridgehead atoms. The van der Waals surface area contributed by atoms with E-state index in [9.17, 15) is 18.3 Å². The van der Waals surface area contributed by atoms with E-state index in [1.165, 1.54) is 6.08 Å². The van der Waals surface area contributed by atoms with E-state index < -0.39 is 33.7 Å². The molecule has 226 valence electrons. The zero-order valence-corrected chi connectivity index (χ0v) is 25.1. The van der Waals surface area contributed by atoms with Crippen molar-refractivity contribution in [2.75, 3.05) is 20.7 Å². The molecule has 3 aliphatic carbocycles. The van der Waals surface area contributed by atoms with Gasteiger partial charge in [-0.1, -0.05) is 24.3 Å². The summed E-state index contributed by atoms with van der Waals surface area (Å²) in [4.78, 5) is 15.2. The van der Waals surface area contributed by atoms with Gasteiger partial charge in [-0.15, -0.1) is 0 Å². The number of aliphatic hydroxyl groups is 1. The van der Waals surface area contributed by atoms with Crippen molar-refractivity contribution in [2.24, 2.45) is 5.92 Å². The van der Waals surface area contributed by atoms with Gasteiger partial charge in [-0.3, -0.25) is 4.79 Å². The molecule has 3 aromatic rings. The normalized spacial score (nSPS) is 27.6. The fourth-order valence-corrected chi connectivity index (χ4v) is 9.11. The summed E-state index contributed by atoms with van der Waals surface area (Å²) in [5.74, 6) is 0.679. The molecule has 4 aliphatic rings. The summed E-state index contributed by atoms with van der Waals surface area (Å²) in [5.41, 5.74) is 1.19. The van der Waals surface area contributed by atoms with Crippen molar-refractivity contribution in [3.05, 3.63) is 83.8 Å². The molecule has 10 heteroatoms. The second kappa shape index (κ2) is 10.5. The first kappa shape index (κ1) is 28.2. The van der Waals surface area contributed by atoms with Crippen LogP contribution in [-0.2, 0) is 21.2 Å². The van der Waals surface area contributed by atoms with E-state index in [1.54, 1.807) is 78.4 Å². The molecule has 1 N–H and O–H groups in total. The summed E-state index contributed by atoms with van der Waals surface area (Å²) in [5, 5.41) is 12.8. The molecule has 2 saturated carbocycles. The quantitative estimate of drug-likeness (QED) is 0.364. The maximum atomic E-state index is 14.2. The molecule has 9 nitrogen and oxygen atoms in total. The van der Waals surface area contributed by atoms with E-state index in [0.717, 1.165) is 29.5 Å². The highest BCUT2D eigenvalue weighted by Gasteiger charge is 2.64. The Balaban J connectivity index is 1.29. The molecule has 0 radical (unpaired) electrons. The number of furan rings is 1. The minimum Gasteiger partial charge on any atom is -0.493 e. The number of nitrogens with zero attached hydrogens (tertiary/aromatic N) is 2. The Morgan fingerprint density at radius 2 is 1.93 bits per heavy atom. The van der Waals surface area contributed by atoms with Gasteiger partial charge in [0.05, 0.1) is 48.1 Å². The minimum atomic E-state index is -3.91. The van der Waals surface area contributed by atoms with Gasteiger partial charge in [-0.2, -0.15) is 4.31 Å². The SMILES string of the molecule is COc1ccc2c3c1O[C@H]1[C@@H](N(C)C(=O)/C=C/c4ccoc4)CC[C@](O)([C@@H]31)[C@H](N(CC1CC1)S(=O)(=O)c1ccccc1)C2. The van der Waals surface area contributed by atoms with E-state index in [1.807, 2.05) is 12.1 Å². The fraction of sp³-hybridized carbons (Fsp3) is 0.424. The van der Waals surface area contributed by atoms with Crippen LogP contribution >= 0.6 is 0 Å². The third kappa shape index (κ3) is 4.67. The standard InChI is InChI=1S/C33H36N2O7S/c1-34(28(36)13-10-22-15-17-41-20-22)25-14-16-33(37)27(18-23-11-12-26(40-2)32-29(23)30(33)31(25)42-32)35(19-21-8-9-21)43(38,39)24-6-4-3-5-7-24/h3-7,10-13,15,17,20-21,25,27,30-31,37H,8-9,14,16,18-19H2,1-2H3/b13-10+/t25-,27+,30-,31-,33+/m0/s1. The lowest BCUT2D eigenvalue weighted by Gasteiger charge is -2.54. The van der Waals surface area contributed by atoms with Gasteiger partial charge in [-0.25, -0.2) is 8.42 Å². The predicted molar refractivity (Wildman–Crippen MR) is 159 cm³/mol. The Bertz CT molecular complexity index is 1650. The van der Waals surface area contributed by atoms with Crippen molar-refractivity contribution in [3.63, 3.8) is 0 Å². The number of likely N-dealkylation sites (N-methyl/N-ethyl adjacent to an activating group) is 1. The second-order valence-corrected chi connectivity index (χ2v) is 14.1. The predicted octanol–water partition coefficient (Wildman–Crippen LogP) is 4.22. The molecule has 2 heterocycles. The highest BCUT2D eigenvalue weighted by Crippen LogP contribution is 2.60. The molecule has 1 amide bonds. The molecule has 1 aromatic heterocycles. The number of carbonyl (C=O) groups excluding carboxylic acids is 1. The summed E-state index contributed by atoms with van der Waals surface area (Å²) < 4.78 is 47.5. The van der Waals surface area contributed by atoms with Crippen LogP contribution in [0.5, 0.6) is 11.5 Å². The zero-order valence-electron chi connectivity index (χ0n) is 24.3. The molecule has 2 fully saturated rings. The number of hydrogen-bond acceptors (Lipinski definition) is 7. The highest BCUT2D eigenvalue weighted by atomic mass is 32.2. The topological polar surface area (TPSA) is 110 Å². The van der Waals surface area contributed by atoms with Crippen LogP contribution in [0.25, 0.3) is 6.08 Å². The summed E-state index contributed by atoms with van der Waals surface area (Å²) in [6.45, 7) is 0.363. The number of sulfonamides is 1. The average Bonchev–Trinajstić information content (AvgIpc) is 3.50. The van der Waals surface area contributed by atoms with Crippen LogP contribution in [0.15, 0.2) is 76.4 Å². The van der Waals surface area contributed by atoms with Crippen molar-refractivity contribution < 1.29 is 32.2 Å². The van der Waals surface area contributed by atoms with Gasteiger partial charge in [0.1, 0.15) is 6.10 Å². The molecule has 1 aliphatic heterocycles. The van der Waals surface area contributed by atoms with Gasteiger partial charge in [-0.05, 0) is 73.9 Å². The molecule has 0 spiro atoms. The lowest BCUT2D eigenvalue weighted by Crippen LogP contribution is -2.67. The Morgan fingerprint density at radius 1 is 1.14 bits per heavy atom. The monoisotopic (exact) mass is 604 g/mol. The first-order valence-electron chi connectivity index (χ1n) is 14.8. The minimum absolute atomic E-state index is 0.197. The number of hydrogen-bond donors (Lipinski definition) is 1. The van der Waals surface area contributed by atoms with E-state index in [0.29, 0.717) is 37.3 Å². The highest BCUT2D eigenvalue weighted by molar-refractivity contribution is 7.89. The smallest absolute Gasteiger partial charge is 0.246 e. The van der Waals surface area contributed by atoms with Crippen molar-refractivity contribution in [1.82, 2.24) is 9.21 Å². The van der Waals surface area contributed by atoms with E-state index in [-0.39, 0.29) is 22.8 Å². The Kier molecular flexibility index (Phi) is 6.91. The van der Waals surface area contributed by atoms with Crippen LogP contribution in [0.2, 0.25) is 0 Å². The fourth-order valence-electron chi connectivity index (χ4n) is 7.34. The summed E-state index contributed by atoms with van der Waals surface area (Å²) in [6.07, 6.45) is 8.82. The van der Waals surface area contributed by atoms with Gasteiger partial charge in [0.2, 0.25) is 15.9 Å². The van der Waals surface area contributed by atoms with Gasteiger partial charge >= 0.3 is 0 Å². The van der Waals surface area contributed by atoms with Crippen LogP contribution in [-0.4, -0.2) is 73.1 Å². The van der Waals surface area contributed by atoms with Gasteiger partial charge in [0.15, 0.2) is 11.5 Å². The van der Waals surface area contributed by atoms with Crippen molar-refractivity contribution in [3.8, 4) is 11.5 Å². The van der Waals surface area contributed by atoms with E-state index >= 15 is 0 Å². The third-order valence-electron chi connectivity index (χ3n) is 9.75. The van der Waals surface area contributed by atoms with Crippen LogP contribution in [0.3, 0.4) is 0 Å². The van der Waals surface area contributed by atoms with E-state index in [4.69, 9.17) is 13.9 Å². The maximum Gasteiger partial charge on any atom is 0.246 e. The van der Waals surface area contributed by atoms with Crippen LogP contribution in [0, 0.1) is 5.92 Å². The van der Waals surface area contributed by atoms with E-state index in [2.05, 4.69) is 0 Å².